The van der Waals surface area contributed by atoms with Gasteiger partial charge in [-0.15, -0.1) is 0 Å². The minimum atomic E-state index is -0.00348. The van der Waals surface area contributed by atoms with Crippen LogP contribution in [0.4, 0.5) is 0 Å². The number of hydrogen-bond donors (Lipinski definition) is 3. The Kier molecular flexibility index (Phi) is 6.92. The topological polar surface area (TPSA) is 91.9 Å². The Morgan fingerprint density at radius 2 is 2.41 bits per heavy atom. The first-order chi connectivity index (χ1) is 8.33. The van der Waals surface area contributed by atoms with Crippen LogP contribution in [-0.2, 0) is 16.0 Å². The van der Waals surface area contributed by atoms with Crippen LogP contribution in [0, 0.1) is 0 Å². The van der Waals surface area contributed by atoms with Crippen molar-refractivity contribution < 1.29 is 9.53 Å². The van der Waals surface area contributed by atoms with Crippen molar-refractivity contribution in [1.29, 1.82) is 0 Å². The molecular formula is C10H19N5O2. The Morgan fingerprint density at radius 1 is 1.53 bits per heavy atom. The van der Waals surface area contributed by atoms with Gasteiger partial charge in [0.25, 0.3) is 0 Å². The van der Waals surface area contributed by atoms with Crippen molar-refractivity contribution in [1.82, 2.24) is 25.8 Å². The summed E-state index contributed by atoms with van der Waals surface area (Å²) in [6, 6.07) is 0. The number of likely N-dealkylation sites (N-methyl/N-ethyl adjacent to an activating group) is 1. The molecule has 0 spiro atoms. The molecule has 0 saturated heterocycles. The molecule has 0 saturated carbocycles. The van der Waals surface area contributed by atoms with E-state index in [0.717, 1.165) is 25.2 Å². The summed E-state index contributed by atoms with van der Waals surface area (Å²) in [4.78, 5) is 14.8. The SMILES string of the molecule is CNC(=O)CNCCCOCCc1ncn[nH]1. The van der Waals surface area contributed by atoms with Gasteiger partial charge in [0.1, 0.15) is 12.2 Å². The molecule has 0 aliphatic heterocycles. The molecule has 17 heavy (non-hydrogen) atoms. The average Bonchev–Trinajstić information content (AvgIpc) is 2.85. The average molecular weight is 241 g/mol. The monoisotopic (exact) mass is 241 g/mol. The number of hydrogen-bond acceptors (Lipinski definition) is 5. The van der Waals surface area contributed by atoms with Crippen molar-refractivity contribution in [3.05, 3.63) is 12.2 Å². The highest BCUT2D eigenvalue weighted by atomic mass is 16.5. The van der Waals surface area contributed by atoms with Gasteiger partial charge in [0.2, 0.25) is 5.91 Å². The van der Waals surface area contributed by atoms with Crippen LogP contribution in [0.1, 0.15) is 12.2 Å². The molecule has 0 unspecified atom stereocenters. The zero-order chi connectivity index (χ0) is 12.3. The highest BCUT2D eigenvalue weighted by Gasteiger charge is 1.97. The molecule has 0 fully saturated rings. The normalized spacial score (nSPS) is 10.4. The van der Waals surface area contributed by atoms with E-state index in [1.807, 2.05) is 0 Å². The third-order valence-electron chi connectivity index (χ3n) is 2.15. The Labute approximate surface area is 100 Å². The van der Waals surface area contributed by atoms with Crippen molar-refractivity contribution in [2.24, 2.45) is 0 Å². The van der Waals surface area contributed by atoms with Crippen molar-refractivity contribution in [3.8, 4) is 0 Å². The summed E-state index contributed by atoms with van der Waals surface area (Å²) in [6.45, 7) is 2.43. The number of H-pyrrole nitrogens is 1. The molecule has 7 heteroatoms. The van der Waals surface area contributed by atoms with Crippen molar-refractivity contribution >= 4 is 5.91 Å². The van der Waals surface area contributed by atoms with Gasteiger partial charge in [-0.05, 0) is 13.0 Å². The fraction of sp³-hybridized carbons (Fsp3) is 0.700. The van der Waals surface area contributed by atoms with Gasteiger partial charge in [-0.3, -0.25) is 9.89 Å². The Hall–Kier alpha value is -1.47. The Balaban J connectivity index is 1.83. The molecule has 96 valence electrons. The van der Waals surface area contributed by atoms with Gasteiger partial charge in [-0.25, -0.2) is 4.98 Å². The molecular weight excluding hydrogens is 222 g/mol. The highest BCUT2D eigenvalue weighted by Crippen LogP contribution is 1.89. The molecule has 1 amide bonds. The van der Waals surface area contributed by atoms with Crippen LogP contribution < -0.4 is 10.6 Å². The lowest BCUT2D eigenvalue weighted by molar-refractivity contribution is -0.119. The molecule has 1 aromatic rings. The molecule has 1 rings (SSSR count). The molecule has 1 heterocycles. The van der Waals surface area contributed by atoms with E-state index in [1.165, 1.54) is 6.33 Å². The number of aromatic amines is 1. The highest BCUT2D eigenvalue weighted by molar-refractivity contribution is 5.77. The van der Waals surface area contributed by atoms with E-state index in [0.29, 0.717) is 19.8 Å². The largest absolute Gasteiger partial charge is 0.381 e. The number of ether oxygens (including phenoxy) is 1. The third kappa shape index (κ3) is 6.64. The van der Waals surface area contributed by atoms with Gasteiger partial charge in [0.05, 0.1) is 13.2 Å². The maximum Gasteiger partial charge on any atom is 0.233 e. The summed E-state index contributed by atoms with van der Waals surface area (Å²) < 4.78 is 5.41. The fourth-order valence-electron chi connectivity index (χ4n) is 1.21. The Bertz CT molecular complexity index is 302. The number of nitrogens with zero attached hydrogens (tertiary/aromatic N) is 2. The van der Waals surface area contributed by atoms with E-state index in [2.05, 4.69) is 25.8 Å². The number of rotatable bonds is 9. The maximum atomic E-state index is 10.9. The summed E-state index contributed by atoms with van der Waals surface area (Å²) in [5.74, 6) is 0.832. The Morgan fingerprint density at radius 3 is 3.12 bits per heavy atom. The van der Waals surface area contributed by atoms with E-state index < -0.39 is 0 Å². The van der Waals surface area contributed by atoms with Crippen LogP contribution in [0.15, 0.2) is 6.33 Å². The standard InChI is InChI=1S/C10H19N5O2/c1-11-10(16)7-12-4-2-5-17-6-3-9-13-8-14-15-9/h8,12H,2-7H2,1H3,(H,11,16)(H,13,14,15). The second-order valence-corrected chi connectivity index (χ2v) is 3.50. The van der Waals surface area contributed by atoms with Crippen molar-refractivity contribution in [3.63, 3.8) is 0 Å². The van der Waals surface area contributed by atoms with Gasteiger partial charge >= 0.3 is 0 Å². The molecule has 7 nitrogen and oxygen atoms in total. The summed E-state index contributed by atoms with van der Waals surface area (Å²) >= 11 is 0. The number of carbonyl (C=O) groups excluding carboxylic acids is 1. The van der Waals surface area contributed by atoms with Crippen LogP contribution in [-0.4, -0.2) is 54.4 Å². The van der Waals surface area contributed by atoms with Crippen LogP contribution in [0.5, 0.6) is 0 Å². The fourth-order valence-corrected chi connectivity index (χ4v) is 1.21. The van der Waals surface area contributed by atoms with E-state index in [4.69, 9.17) is 4.74 Å². The van der Waals surface area contributed by atoms with Gasteiger partial charge in [-0.2, -0.15) is 5.10 Å². The third-order valence-corrected chi connectivity index (χ3v) is 2.15. The number of aromatic nitrogens is 3. The number of nitrogens with one attached hydrogen (secondary N) is 3. The lowest BCUT2D eigenvalue weighted by Crippen LogP contribution is -2.32. The zero-order valence-electron chi connectivity index (χ0n) is 10.0. The lowest BCUT2D eigenvalue weighted by atomic mass is 10.4. The van der Waals surface area contributed by atoms with Crippen LogP contribution in [0.25, 0.3) is 0 Å². The van der Waals surface area contributed by atoms with Gasteiger partial charge < -0.3 is 15.4 Å². The van der Waals surface area contributed by atoms with Gasteiger partial charge in [-0.1, -0.05) is 0 Å². The first-order valence-corrected chi connectivity index (χ1v) is 5.66. The minimum absolute atomic E-state index is 0.00348. The quantitative estimate of drug-likeness (QED) is 0.487. The van der Waals surface area contributed by atoms with E-state index in [1.54, 1.807) is 7.05 Å². The van der Waals surface area contributed by atoms with Crippen LogP contribution >= 0.6 is 0 Å². The molecule has 0 bridgehead atoms. The van der Waals surface area contributed by atoms with Crippen LogP contribution in [0.3, 0.4) is 0 Å². The zero-order valence-corrected chi connectivity index (χ0v) is 10.0. The molecule has 1 aromatic heterocycles. The minimum Gasteiger partial charge on any atom is -0.381 e. The molecule has 0 radical (unpaired) electrons. The second kappa shape index (κ2) is 8.66. The molecule has 0 aliphatic rings. The smallest absolute Gasteiger partial charge is 0.233 e. The van der Waals surface area contributed by atoms with Crippen molar-refractivity contribution in [2.75, 3.05) is 33.4 Å². The summed E-state index contributed by atoms with van der Waals surface area (Å²) in [6.07, 6.45) is 3.11. The first kappa shape index (κ1) is 13.6. The van der Waals surface area contributed by atoms with Gasteiger partial charge in [0.15, 0.2) is 0 Å². The van der Waals surface area contributed by atoms with Crippen LogP contribution in [0.2, 0.25) is 0 Å². The number of amides is 1. The summed E-state index contributed by atoms with van der Waals surface area (Å²) in [5, 5.41) is 12.1. The lowest BCUT2D eigenvalue weighted by Gasteiger charge is -2.04. The maximum absolute atomic E-state index is 10.9. The predicted molar refractivity (Wildman–Crippen MR) is 62.5 cm³/mol. The first-order valence-electron chi connectivity index (χ1n) is 5.66. The predicted octanol–water partition coefficient (Wildman–Crippen LogP) is -0.910. The van der Waals surface area contributed by atoms with E-state index in [9.17, 15) is 4.79 Å². The molecule has 0 aliphatic carbocycles. The molecule has 0 atom stereocenters. The summed E-state index contributed by atoms with van der Waals surface area (Å²) in [5.41, 5.74) is 0. The number of carbonyl (C=O) groups is 1. The van der Waals surface area contributed by atoms with E-state index in [-0.39, 0.29) is 5.91 Å². The van der Waals surface area contributed by atoms with Gasteiger partial charge in [0, 0.05) is 20.1 Å². The van der Waals surface area contributed by atoms with Crippen molar-refractivity contribution in [2.45, 2.75) is 12.8 Å². The summed E-state index contributed by atoms with van der Waals surface area (Å²) in [7, 11) is 1.62. The second-order valence-electron chi connectivity index (χ2n) is 3.50. The van der Waals surface area contributed by atoms with E-state index >= 15 is 0 Å². The molecule has 3 N–H and O–H groups in total. The molecule has 0 aromatic carbocycles.